The first kappa shape index (κ1) is 35.0. The zero-order valence-electron chi connectivity index (χ0n) is 31.9. The maximum Gasteiger partial charge on any atom is 0.333 e. The second-order valence-corrected chi connectivity index (χ2v) is 17.4. The molecule has 2 saturated heterocycles. The molecule has 0 aliphatic carbocycles. The number of methoxy groups -OCH3 is 1. The van der Waals surface area contributed by atoms with Crippen LogP contribution in [0.5, 0.6) is 23.0 Å². The number of aromatic nitrogens is 1. The number of benzene rings is 3. The fourth-order valence-corrected chi connectivity index (χ4v) is 12.7. The van der Waals surface area contributed by atoms with Crippen molar-refractivity contribution < 1.29 is 28.8 Å². The van der Waals surface area contributed by atoms with Gasteiger partial charge in [0.05, 0.1) is 31.0 Å². The number of piperazine rings is 1. The van der Waals surface area contributed by atoms with E-state index in [0.29, 0.717) is 42.4 Å². The summed E-state index contributed by atoms with van der Waals surface area (Å²) in [6.45, 7) is 8.67. The summed E-state index contributed by atoms with van der Waals surface area (Å²) in [7, 11) is 3.67. The number of nitrogens with zero attached hydrogens (tertiary/aromatic N) is 3. The molecule has 4 aromatic rings. The van der Waals surface area contributed by atoms with Gasteiger partial charge in [-0.05, 0) is 93.1 Å². The minimum Gasteiger partial charge on any atom is -0.504 e. The van der Waals surface area contributed by atoms with E-state index in [4.69, 9.17) is 24.7 Å². The molecule has 55 heavy (non-hydrogen) atoms. The highest BCUT2D eigenvalue weighted by molar-refractivity contribution is 7.99. The van der Waals surface area contributed by atoms with Crippen molar-refractivity contribution >= 4 is 28.6 Å². The standard InChI is InChI=1S/C42H46N6O6S/c1-18-7-8-26-24(9-18)25-12-23(13-43)46-42(40(25)45-26)16-55-39-30-20(3)21(4)37-38(54-17-53-37)32(30)29(15-52-41(42)50)48-28(14-44)27-11-22-10-19(2)36(51-6)35(49)31(22)33(34(39)48)47(27)5/h7-10,23,27-29,33-34,39,45-46,49H,11-13,15-17,43H2,1-6H3/t23-,27-,28+,29+,33?,34-,39-,42-/m1/s1. The lowest BCUT2D eigenvalue weighted by Gasteiger charge is -2.62. The van der Waals surface area contributed by atoms with Gasteiger partial charge in [-0.1, -0.05) is 17.7 Å². The fraction of sp³-hybridized carbons (Fsp3) is 0.476. The maximum atomic E-state index is 15.0. The van der Waals surface area contributed by atoms with Gasteiger partial charge in [0.15, 0.2) is 28.5 Å². The topological polar surface area (TPSA) is 158 Å². The Kier molecular flexibility index (Phi) is 7.81. The minimum atomic E-state index is -1.23. The largest absolute Gasteiger partial charge is 0.504 e. The number of likely N-dealkylation sites (N-methyl/N-ethyl adjacent to an activating group) is 1. The number of ether oxygens (including phenoxy) is 4. The lowest BCUT2D eigenvalue weighted by atomic mass is 9.71. The first-order valence-corrected chi connectivity index (χ1v) is 20.2. The zero-order valence-corrected chi connectivity index (χ0v) is 32.7. The molecule has 2 fully saturated rings. The van der Waals surface area contributed by atoms with Crippen LogP contribution in [0.1, 0.15) is 73.1 Å². The Morgan fingerprint density at radius 1 is 1.09 bits per heavy atom. The molecule has 7 aliphatic rings. The number of phenolic OH excluding ortho intramolecular Hbond substituents is 1. The van der Waals surface area contributed by atoms with Gasteiger partial charge in [-0.25, -0.2) is 4.79 Å². The van der Waals surface area contributed by atoms with Crippen LogP contribution in [-0.4, -0.2) is 89.9 Å². The van der Waals surface area contributed by atoms with Crippen molar-refractivity contribution in [2.24, 2.45) is 5.73 Å². The summed E-state index contributed by atoms with van der Waals surface area (Å²) in [5.74, 6) is 1.90. The van der Waals surface area contributed by atoms with Crippen molar-refractivity contribution in [3.8, 4) is 29.1 Å². The highest BCUT2D eigenvalue weighted by Crippen LogP contribution is 2.63. The van der Waals surface area contributed by atoms with Gasteiger partial charge in [-0.2, -0.15) is 5.26 Å². The highest BCUT2D eigenvalue weighted by atomic mass is 32.2. The van der Waals surface area contributed by atoms with Crippen molar-refractivity contribution in [3.05, 3.63) is 80.0 Å². The van der Waals surface area contributed by atoms with Crippen LogP contribution in [-0.2, 0) is 27.9 Å². The van der Waals surface area contributed by atoms with E-state index in [9.17, 15) is 10.4 Å². The van der Waals surface area contributed by atoms with E-state index in [0.717, 1.165) is 66.7 Å². The third-order valence-corrected chi connectivity index (χ3v) is 15.0. The number of H-pyrrole nitrogens is 1. The van der Waals surface area contributed by atoms with Crippen molar-refractivity contribution in [2.45, 2.75) is 87.6 Å². The molecule has 7 aliphatic heterocycles. The van der Waals surface area contributed by atoms with Crippen LogP contribution < -0.4 is 25.3 Å². The Morgan fingerprint density at radius 3 is 2.65 bits per heavy atom. The smallest absolute Gasteiger partial charge is 0.333 e. The molecule has 286 valence electrons. The van der Waals surface area contributed by atoms with Crippen LogP contribution in [0.25, 0.3) is 10.9 Å². The molecule has 1 spiro atoms. The molecule has 13 heteroatoms. The number of hydrogen-bond donors (Lipinski definition) is 4. The second-order valence-electron chi connectivity index (χ2n) is 16.2. The first-order valence-electron chi connectivity index (χ1n) is 19.1. The van der Waals surface area contributed by atoms with Crippen LogP contribution >= 0.6 is 11.8 Å². The average Bonchev–Trinajstić information content (AvgIpc) is 3.81. The van der Waals surface area contributed by atoms with Gasteiger partial charge in [0.1, 0.15) is 12.6 Å². The van der Waals surface area contributed by atoms with Crippen LogP contribution in [0.2, 0.25) is 0 Å². The third-order valence-electron chi connectivity index (χ3n) is 13.6. The monoisotopic (exact) mass is 762 g/mol. The van der Waals surface area contributed by atoms with Gasteiger partial charge in [-0.15, -0.1) is 11.8 Å². The number of phenols is 1. The number of carbonyl (C=O) groups is 1. The number of esters is 1. The molecule has 0 radical (unpaired) electrons. The number of rotatable bonds is 2. The number of carbonyl (C=O) groups excluding carboxylic acids is 1. The number of nitrogens with two attached hydrogens (primary N) is 1. The van der Waals surface area contributed by atoms with Gasteiger partial charge in [0.25, 0.3) is 0 Å². The maximum absolute atomic E-state index is 15.0. The van der Waals surface area contributed by atoms with Gasteiger partial charge >= 0.3 is 5.97 Å². The summed E-state index contributed by atoms with van der Waals surface area (Å²) >= 11 is 1.69. The molecule has 1 unspecified atom stereocenters. The predicted octanol–water partition coefficient (Wildman–Crippen LogP) is 4.77. The number of fused-ring (bicyclic) bond motifs is 11. The number of aryl methyl sites for hydroxylation is 2. The van der Waals surface area contributed by atoms with Crippen molar-refractivity contribution in [1.82, 2.24) is 20.1 Å². The zero-order chi connectivity index (χ0) is 38.2. The summed E-state index contributed by atoms with van der Waals surface area (Å²) < 4.78 is 24.8. The molecule has 0 saturated carbocycles. The summed E-state index contributed by atoms with van der Waals surface area (Å²) in [5.41, 5.74) is 16.0. The molecular weight excluding hydrogens is 717 g/mol. The van der Waals surface area contributed by atoms with Crippen LogP contribution in [0.3, 0.4) is 0 Å². The Hall–Kier alpha value is -4.45. The van der Waals surface area contributed by atoms with Gasteiger partial charge in [0, 0.05) is 57.7 Å². The highest BCUT2D eigenvalue weighted by Gasteiger charge is 2.61. The van der Waals surface area contributed by atoms with Crippen LogP contribution in [0.15, 0.2) is 24.3 Å². The van der Waals surface area contributed by atoms with E-state index in [2.05, 4.69) is 78.3 Å². The molecule has 8 atom stereocenters. The number of nitriles is 1. The predicted molar refractivity (Wildman–Crippen MR) is 208 cm³/mol. The Balaban J connectivity index is 1.23. The van der Waals surface area contributed by atoms with Crippen molar-refractivity contribution in [1.29, 1.82) is 5.26 Å². The number of hydrogen-bond acceptors (Lipinski definition) is 12. The summed E-state index contributed by atoms with van der Waals surface area (Å²) in [6.07, 6.45) is 1.25. The van der Waals surface area contributed by atoms with E-state index in [1.165, 1.54) is 0 Å². The molecule has 5 N–H and O–H groups in total. The summed E-state index contributed by atoms with van der Waals surface area (Å²) in [6, 6.07) is 9.09. The minimum absolute atomic E-state index is 0.0131. The van der Waals surface area contributed by atoms with E-state index in [1.54, 1.807) is 18.9 Å². The van der Waals surface area contributed by atoms with Gasteiger partial charge < -0.3 is 34.8 Å². The molecule has 8 heterocycles. The van der Waals surface area contributed by atoms with Crippen LogP contribution in [0, 0.1) is 39.0 Å². The number of nitrogens with one attached hydrogen (secondary N) is 2. The van der Waals surface area contributed by atoms with E-state index < -0.39 is 17.6 Å². The van der Waals surface area contributed by atoms with E-state index in [-0.39, 0.29) is 54.5 Å². The second kappa shape index (κ2) is 12.3. The van der Waals surface area contributed by atoms with Gasteiger partial charge in [-0.3, -0.25) is 15.1 Å². The molecular formula is C42H46N6O6S. The fourth-order valence-electron chi connectivity index (χ4n) is 11.0. The number of thioether (sulfide) groups is 1. The molecule has 11 rings (SSSR count). The Bertz CT molecular complexity index is 2370. The van der Waals surface area contributed by atoms with Gasteiger partial charge in [0.2, 0.25) is 6.79 Å². The molecule has 1 aromatic heterocycles. The quantitative estimate of drug-likeness (QED) is 0.208. The summed E-state index contributed by atoms with van der Waals surface area (Å²) in [4.78, 5) is 23.3. The van der Waals surface area contributed by atoms with E-state index in [1.807, 2.05) is 6.92 Å². The Labute approximate surface area is 324 Å². The molecule has 0 amide bonds. The third kappa shape index (κ3) is 4.57. The molecule has 3 aromatic carbocycles. The lowest BCUT2D eigenvalue weighted by Crippen LogP contribution is -2.69. The van der Waals surface area contributed by atoms with E-state index >= 15 is 4.79 Å². The number of aromatic amines is 1. The SMILES string of the molecule is COc1c(C)cc2c(c1O)C1[C@@H]3[C@@H]4SC[C@]5(N[C@@H](CN)Cc6c5[nH]c5ccc(C)cc65)C(=O)OC[C@@H](c5c6c(c(C)c(C)c54)OCO6)N3[C@@H](C#N)[C@@H](C2)N1C. The van der Waals surface area contributed by atoms with Crippen LogP contribution in [0.4, 0.5) is 0 Å². The van der Waals surface area contributed by atoms with Crippen molar-refractivity contribution in [3.63, 3.8) is 0 Å². The Morgan fingerprint density at radius 2 is 1.89 bits per heavy atom. The summed E-state index contributed by atoms with van der Waals surface area (Å²) in [5, 5.41) is 27.8. The molecule has 12 nitrogen and oxygen atoms in total. The van der Waals surface area contributed by atoms with Crippen molar-refractivity contribution in [2.75, 3.05) is 39.9 Å². The first-order chi connectivity index (χ1) is 26.5. The normalized spacial score (nSPS) is 30.7. The number of aromatic hydroxyl groups is 1. The molecule has 4 bridgehead atoms. The average molecular weight is 763 g/mol. The lowest BCUT2D eigenvalue weighted by molar-refractivity contribution is -0.158.